The standard InChI is InChI=1S/C28H37N3O6/c1-4-21-9-11-22(12-10-21)23-13-15-24(16-14-23)27(35)30-26(20(3)33)25(34)8-6-18-31(37)28(36)29-17-5-7-19(2)32/h9-16,20,26,33,37H,4-8,17-18H2,1-3H3,(H,29,36)(H,30,35)/t20-,26+/m1/s1. The van der Waals surface area contributed by atoms with Gasteiger partial charge >= 0.3 is 6.03 Å². The molecular weight excluding hydrogens is 474 g/mol. The summed E-state index contributed by atoms with van der Waals surface area (Å²) in [5.41, 5.74) is 3.59. The molecule has 9 heteroatoms. The first-order chi connectivity index (χ1) is 17.6. The highest BCUT2D eigenvalue weighted by Crippen LogP contribution is 2.21. The number of aliphatic hydroxyl groups is 1. The Balaban J connectivity index is 1.86. The van der Waals surface area contributed by atoms with E-state index < -0.39 is 29.9 Å². The van der Waals surface area contributed by atoms with Crippen LogP contribution in [0.1, 0.15) is 62.4 Å². The summed E-state index contributed by atoms with van der Waals surface area (Å²) in [4.78, 5) is 48.2. The smallest absolute Gasteiger partial charge is 0.341 e. The Morgan fingerprint density at radius 3 is 2.05 bits per heavy atom. The lowest BCUT2D eigenvalue weighted by Gasteiger charge is -2.21. The van der Waals surface area contributed by atoms with Crippen molar-refractivity contribution in [2.45, 2.75) is 65.0 Å². The molecule has 3 amide bonds. The van der Waals surface area contributed by atoms with Crippen molar-refractivity contribution in [3.8, 4) is 11.1 Å². The minimum Gasteiger partial charge on any atom is -0.391 e. The van der Waals surface area contributed by atoms with Gasteiger partial charge in [0.15, 0.2) is 5.78 Å². The lowest BCUT2D eigenvalue weighted by Crippen LogP contribution is -2.48. The third-order valence-corrected chi connectivity index (χ3v) is 5.97. The Kier molecular flexibility index (Phi) is 11.9. The Hall–Kier alpha value is -3.56. The predicted octanol–water partition coefficient (Wildman–Crippen LogP) is 3.51. The number of rotatable bonds is 14. The molecule has 0 aliphatic carbocycles. The second kappa shape index (κ2) is 14.9. The van der Waals surface area contributed by atoms with Crippen LogP contribution in [0.15, 0.2) is 48.5 Å². The van der Waals surface area contributed by atoms with Gasteiger partial charge in [-0.1, -0.05) is 43.3 Å². The van der Waals surface area contributed by atoms with Crippen molar-refractivity contribution >= 4 is 23.5 Å². The van der Waals surface area contributed by atoms with Gasteiger partial charge in [0, 0.05) is 24.9 Å². The summed E-state index contributed by atoms with van der Waals surface area (Å²) in [6.07, 6.45) is 0.724. The molecule has 2 aromatic carbocycles. The van der Waals surface area contributed by atoms with Gasteiger partial charge in [0.05, 0.1) is 12.6 Å². The normalized spacial score (nSPS) is 12.4. The van der Waals surface area contributed by atoms with E-state index in [1.54, 1.807) is 12.1 Å². The van der Waals surface area contributed by atoms with E-state index in [4.69, 9.17) is 0 Å². The molecule has 0 saturated heterocycles. The lowest BCUT2D eigenvalue weighted by molar-refractivity contribution is -0.123. The molecule has 0 radical (unpaired) electrons. The van der Waals surface area contributed by atoms with Crippen LogP contribution in [0.2, 0.25) is 0 Å². The van der Waals surface area contributed by atoms with Gasteiger partial charge < -0.3 is 20.5 Å². The molecule has 0 aromatic heterocycles. The highest BCUT2D eigenvalue weighted by Gasteiger charge is 2.26. The molecule has 2 aromatic rings. The molecule has 4 N–H and O–H groups in total. The van der Waals surface area contributed by atoms with Crippen molar-refractivity contribution in [2.24, 2.45) is 0 Å². The molecule has 37 heavy (non-hydrogen) atoms. The maximum absolute atomic E-state index is 12.7. The highest BCUT2D eigenvalue weighted by atomic mass is 16.5. The molecule has 0 aliphatic rings. The average molecular weight is 512 g/mol. The number of carbonyl (C=O) groups excluding carboxylic acids is 4. The number of benzene rings is 2. The Morgan fingerprint density at radius 2 is 1.51 bits per heavy atom. The number of amides is 3. The van der Waals surface area contributed by atoms with Crippen LogP contribution in [0, 0.1) is 0 Å². The number of nitrogens with one attached hydrogen (secondary N) is 2. The van der Waals surface area contributed by atoms with E-state index in [9.17, 15) is 29.5 Å². The quantitative estimate of drug-likeness (QED) is 0.174. The van der Waals surface area contributed by atoms with Crippen LogP contribution in [0.25, 0.3) is 11.1 Å². The third kappa shape index (κ3) is 9.78. The van der Waals surface area contributed by atoms with Crippen molar-refractivity contribution in [2.75, 3.05) is 13.1 Å². The Morgan fingerprint density at radius 1 is 0.919 bits per heavy atom. The minimum absolute atomic E-state index is 0.0167. The fraction of sp³-hybridized carbons (Fsp3) is 0.429. The van der Waals surface area contributed by atoms with E-state index in [0.29, 0.717) is 23.5 Å². The molecule has 0 spiro atoms. The van der Waals surface area contributed by atoms with Crippen LogP contribution >= 0.6 is 0 Å². The molecule has 0 bridgehead atoms. The zero-order chi connectivity index (χ0) is 27.4. The van der Waals surface area contributed by atoms with E-state index in [0.717, 1.165) is 17.5 Å². The van der Waals surface area contributed by atoms with E-state index in [1.807, 2.05) is 24.3 Å². The summed E-state index contributed by atoms with van der Waals surface area (Å²) in [6, 6.07) is 13.3. The van der Waals surface area contributed by atoms with Crippen molar-refractivity contribution < 1.29 is 29.5 Å². The van der Waals surface area contributed by atoms with Crippen LogP contribution in [-0.4, -0.2) is 64.1 Å². The number of hydroxylamine groups is 2. The summed E-state index contributed by atoms with van der Waals surface area (Å²) in [5.74, 6) is -0.880. The summed E-state index contributed by atoms with van der Waals surface area (Å²) in [7, 11) is 0. The first-order valence-electron chi connectivity index (χ1n) is 12.6. The van der Waals surface area contributed by atoms with Crippen LogP contribution in [0.3, 0.4) is 0 Å². The largest absolute Gasteiger partial charge is 0.391 e. The van der Waals surface area contributed by atoms with E-state index >= 15 is 0 Å². The van der Waals surface area contributed by atoms with Crippen LogP contribution < -0.4 is 10.6 Å². The zero-order valence-electron chi connectivity index (χ0n) is 21.7. The highest BCUT2D eigenvalue weighted by molar-refractivity contribution is 5.98. The first-order valence-corrected chi connectivity index (χ1v) is 12.6. The number of Topliss-reactive ketones (excluding diaryl/α,β-unsaturated/α-hetero) is 2. The van der Waals surface area contributed by atoms with Gasteiger partial charge in [0.25, 0.3) is 5.91 Å². The summed E-state index contributed by atoms with van der Waals surface area (Å²) >= 11 is 0. The van der Waals surface area contributed by atoms with E-state index in [-0.39, 0.29) is 31.7 Å². The van der Waals surface area contributed by atoms with Gasteiger partial charge in [0.2, 0.25) is 0 Å². The zero-order valence-corrected chi connectivity index (χ0v) is 21.7. The van der Waals surface area contributed by atoms with Gasteiger partial charge in [-0.2, -0.15) is 0 Å². The molecule has 2 atom stereocenters. The van der Waals surface area contributed by atoms with Crippen molar-refractivity contribution in [1.29, 1.82) is 0 Å². The molecule has 0 saturated carbocycles. The summed E-state index contributed by atoms with van der Waals surface area (Å²) < 4.78 is 0. The molecule has 0 aliphatic heterocycles. The number of hydrogen-bond acceptors (Lipinski definition) is 6. The second-order valence-electron chi connectivity index (χ2n) is 9.05. The Bertz CT molecular complexity index is 1050. The van der Waals surface area contributed by atoms with Crippen molar-refractivity contribution in [1.82, 2.24) is 15.7 Å². The van der Waals surface area contributed by atoms with Gasteiger partial charge in [-0.05, 0) is 61.9 Å². The Labute approximate surface area is 217 Å². The predicted molar refractivity (Wildman–Crippen MR) is 140 cm³/mol. The number of hydrogen-bond donors (Lipinski definition) is 4. The summed E-state index contributed by atoms with van der Waals surface area (Å²) in [6.45, 7) is 5.11. The van der Waals surface area contributed by atoms with Gasteiger partial charge in [0.1, 0.15) is 11.8 Å². The fourth-order valence-electron chi connectivity index (χ4n) is 3.73. The third-order valence-electron chi connectivity index (χ3n) is 5.97. The average Bonchev–Trinajstić information content (AvgIpc) is 2.89. The molecule has 2 rings (SSSR count). The monoisotopic (exact) mass is 511 g/mol. The molecule has 0 unspecified atom stereocenters. The molecule has 0 fully saturated rings. The van der Waals surface area contributed by atoms with Crippen molar-refractivity contribution in [3.05, 3.63) is 59.7 Å². The number of nitrogens with zero attached hydrogens (tertiary/aromatic N) is 1. The number of ketones is 2. The SMILES string of the molecule is CCc1ccc(-c2ccc(C(=O)N[C@H](C(=O)CCCN(O)C(=O)NCCCC(C)=O)[C@@H](C)O)cc2)cc1. The maximum atomic E-state index is 12.7. The fourth-order valence-corrected chi connectivity index (χ4v) is 3.73. The van der Waals surface area contributed by atoms with Gasteiger partial charge in [-0.3, -0.25) is 14.8 Å². The van der Waals surface area contributed by atoms with Crippen LogP contribution in [-0.2, 0) is 16.0 Å². The van der Waals surface area contributed by atoms with Crippen LogP contribution in [0.5, 0.6) is 0 Å². The molecular formula is C28H37N3O6. The topological polar surface area (TPSA) is 136 Å². The van der Waals surface area contributed by atoms with Crippen LogP contribution in [0.4, 0.5) is 4.79 Å². The number of aliphatic hydroxyl groups excluding tert-OH is 1. The van der Waals surface area contributed by atoms with Crippen molar-refractivity contribution in [3.63, 3.8) is 0 Å². The number of aryl methyl sites for hydroxylation is 1. The first kappa shape index (κ1) is 29.7. The second-order valence-corrected chi connectivity index (χ2v) is 9.05. The number of urea groups is 1. The molecule has 9 nitrogen and oxygen atoms in total. The summed E-state index contributed by atoms with van der Waals surface area (Å²) in [5, 5.41) is 25.5. The van der Waals surface area contributed by atoms with E-state index in [1.165, 1.54) is 19.4 Å². The van der Waals surface area contributed by atoms with E-state index in [2.05, 4.69) is 29.7 Å². The maximum Gasteiger partial charge on any atom is 0.341 e. The van der Waals surface area contributed by atoms with Gasteiger partial charge in [-0.15, -0.1) is 0 Å². The number of carbonyl (C=O) groups is 4. The molecule has 0 heterocycles. The van der Waals surface area contributed by atoms with Gasteiger partial charge in [-0.25, -0.2) is 9.86 Å². The minimum atomic E-state index is -1.12. The lowest BCUT2D eigenvalue weighted by atomic mass is 10.0. The molecule has 200 valence electrons.